The monoisotopic (exact) mass is 399 g/mol. The molecule has 1 heterocycles. The van der Waals surface area contributed by atoms with Crippen LogP contribution in [-0.2, 0) is 28.6 Å². The van der Waals surface area contributed by atoms with E-state index >= 15 is 0 Å². The van der Waals surface area contributed by atoms with Crippen LogP contribution >= 0.6 is 0 Å². The minimum atomic E-state index is -3.79. The molecule has 0 N–H and O–H groups in total. The molecule has 1 aliphatic rings. The lowest BCUT2D eigenvalue weighted by Crippen LogP contribution is -2.47. The van der Waals surface area contributed by atoms with Gasteiger partial charge >= 0.3 is 0 Å². The molecule has 1 amide bonds. The van der Waals surface area contributed by atoms with Crippen molar-refractivity contribution in [2.45, 2.75) is 50.7 Å². The van der Waals surface area contributed by atoms with Gasteiger partial charge in [-0.15, -0.1) is 0 Å². The molecule has 7 nitrogen and oxygen atoms in total. The van der Waals surface area contributed by atoms with E-state index in [2.05, 4.69) is 0 Å². The maximum atomic E-state index is 12.3. The maximum Gasteiger partial charge on any atom is 0.296 e. The smallest absolute Gasteiger partial charge is 0.296 e. The Bertz CT molecular complexity index is 724. The molecule has 27 heavy (non-hydrogen) atoms. The van der Waals surface area contributed by atoms with Crippen LogP contribution in [0, 0.1) is 6.92 Å². The van der Waals surface area contributed by atoms with Gasteiger partial charge in [0.2, 0.25) is 5.91 Å². The molecule has 1 aromatic carbocycles. The molecule has 1 aliphatic heterocycles. The summed E-state index contributed by atoms with van der Waals surface area (Å²) in [4.78, 5) is 14.1. The highest BCUT2D eigenvalue weighted by Crippen LogP contribution is 2.16. The largest absolute Gasteiger partial charge is 0.374 e. The summed E-state index contributed by atoms with van der Waals surface area (Å²) in [5.41, 5.74) is 0.601. The fourth-order valence-electron chi connectivity index (χ4n) is 2.55. The first kappa shape index (κ1) is 21.8. The lowest BCUT2D eigenvalue weighted by atomic mass is 10.2. The summed E-state index contributed by atoms with van der Waals surface area (Å²) in [6.45, 7) is 8.92. The van der Waals surface area contributed by atoms with E-state index in [-0.39, 0.29) is 35.7 Å². The molecule has 0 spiro atoms. The maximum absolute atomic E-state index is 12.3. The zero-order valence-electron chi connectivity index (χ0n) is 16.4. The van der Waals surface area contributed by atoms with Crippen LogP contribution in [0.3, 0.4) is 0 Å². The van der Waals surface area contributed by atoms with Crippen LogP contribution in [0.1, 0.15) is 32.8 Å². The number of hydrogen-bond donors (Lipinski definition) is 0. The normalized spacial score (nSPS) is 18.5. The molecule has 0 radical (unpaired) electrons. The Morgan fingerprint density at radius 3 is 2.56 bits per heavy atom. The van der Waals surface area contributed by atoms with Gasteiger partial charge in [0, 0.05) is 19.5 Å². The molecule has 0 bridgehead atoms. The van der Waals surface area contributed by atoms with Gasteiger partial charge in [-0.2, -0.15) is 8.42 Å². The lowest BCUT2D eigenvalue weighted by molar-refractivity contribution is -0.148. The number of nitrogens with zero attached hydrogens (tertiary/aromatic N) is 1. The zero-order valence-corrected chi connectivity index (χ0v) is 17.3. The van der Waals surface area contributed by atoms with Crippen LogP contribution < -0.4 is 0 Å². The fourth-order valence-corrected chi connectivity index (χ4v) is 3.47. The van der Waals surface area contributed by atoms with Gasteiger partial charge in [-0.3, -0.25) is 8.98 Å². The molecular weight excluding hydrogens is 370 g/mol. The topological polar surface area (TPSA) is 82.1 Å². The van der Waals surface area contributed by atoms with Gasteiger partial charge in [-0.25, -0.2) is 0 Å². The average Bonchev–Trinajstić information content (AvgIpc) is 2.59. The van der Waals surface area contributed by atoms with Crippen molar-refractivity contribution < 1.29 is 26.9 Å². The molecule has 0 aliphatic carbocycles. The Labute approximate surface area is 161 Å². The highest BCUT2D eigenvalue weighted by Gasteiger charge is 2.26. The summed E-state index contributed by atoms with van der Waals surface area (Å²) in [6, 6.07) is 6.50. The van der Waals surface area contributed by atoms with Crippen LogP contribution in [-0.4, -0.2) is 63.8 Å². The van der Waals surface area contributed by atoms with E-state index in [4.69, 9.17) is 13.7 Å². The average molecular weight is 400 g/mol. The molecule has 1 fully saturated rings. The number of hydrogen-bond acceptors (Lipinski definition) is 6. The van der Waals surface area contributed by atoms with E-state index < -0.39 is 10.1 Å². The van der Waals surface area contributed by atoms with Crippen molar-refractivity contribution in [2.75, 3.05) is 32.9 Å². The predicted octanol–water partition coefficient (Wildman–Crippen LogP) is 2.13. The fraction of sp³-hybridized carbons (Fsp3) is 0.632. The Morgan fingerprint density at radius 1 is 1.26 bits per heavy atom. The SMILES string of the molecule is Cc1ccc(S(=O)(=O)OCC[C@H]2CN(C(=O)COC(C)(C)C)CCO2)cc1. The summed E-state index contributed by atoms with van der Waals surface area (Å²) >= 11 is 0. The number of amides is 1. The van der Waals surface area contributed by atoms with Crippen molar-refractivity contribution in [1.82, 2.24) is 4.90 Å². The number of rotatable bonds is 7. The third-order valence-electron chi connectivity index (χ3n) is 4.11. The van der Waals surface area contributed by atoms with Crippen LogP contribution in [0.4, 0.5) is 0 Å². The van der Waals surface area contributed by atoms with E-state index in [0.717, 1.165) is 5.56 Å². The van der Waals surface area contributed by atoms with Crippen LogP contribution in [0.25, 0.3) is 0 Å². The van der Waals surface area contributed by atoms with E-state index in [1.54, 1.807) is 17.0 Å². The Morgan fingerprint density at radius 2 is 1.93 bits per heavy atom. The van der Waals surface area contributed by atoms with Crippen molar-refractivity contribution in [3.05, 3.63) is 29.8 Å². The second-order valence-corrected chi connectivity index (χ2v) is 9.23. The molecule has 2 rings (SSSR count). The number of aryl methyl sites for hydroxylation is 1. The zero-order chi connectivity index (χ0) is 20.1. The van der Waals surface area contributed by atoms with Gasteiger partial charge in [0.05, 0.1) is 29.8 Å². The highest BCUT2D eigenvalue weighted by molar-refractivity contribution is 7.86. The Kier molecular flexibility index (Phi) is 7.39. The first-order chi connectivity index (χ1) is 12.6. The quantitative estimate of drug-likeness (QED) is 0.654. The molecule has 1 aromatic rings. The van der Waals surface area contributed by atoms with Crippen LogP contribution in [0.5, 0.6) is 0 Å². The van der Waals surface area contributed by atoms with Crippen molar-refractivity contribution in [3.8, 4) is 0 Å². The molecule has 0 unspecified atom stereocenters. The standard InChI is InChI=1S/C19H29NO6S/c1-15-5-7-17(8-6-15)27(22,23)26-11-9-16-13-20(10-12-24-16)18(21)14-25-19(2,3)4/h5-8,16H,9-14H2,1-4H3/t16-/m0/s1. The second-order valence-electron chi connectivity index (χ2n) is 7.61. The van der Waals surface area contributed by atoms with E-state index in [1.807, 2.05) is 27.7 Å². The van der Waals surface area contributed by atoms with E-state index in [1.165, 1.54) is 12.1 Å². The Balaban J connectivity index is 1.80. The number of carbonyl (C=O) groups is 1. The van der Waals surface area contributed by atoms with Crippen molar-refractivity contribution in [2.24, 2.45) is 0 Å². The number of ether oxygens (including phenoxy) is 2. The second kappa shape index (κ2) is 9.14. The van der Waals surface area contributed by atoms with E-state index in [9.17, 15) is 13.2 Å². The number of benzene rings is 1. The third-order valence-corrected chi connectivity index (χ3v) is 5.43. The minimum absolute atomic E-state index is 0.00139. The van der Waals surface area contributed by atoms with Crippen molar-refractivity contribution in [3.63, 3.8) is 0 Å². The number of carbonyl (C=O) groups excluding carboxylic acids is 1. The summed E-state index contributed by atoms with van der Waals surface area (Å²) in [6.07, 6.45) is 0.125. The van der Waals surface area contributed by atoms with Crippen LogP contribution in [0.2, 0.25) is 0 Å². The minimum Gasteiger partial charge on any atom is -0.374 e. The van der Waals surface area contributed by atoms with Gasteiger partial charge in [-0.05, 0) is 39.8 Å². The predicted molar refractivity (Wildman–Crippen MR) is 101 cm³/mol. The molecule has 1 saturated heterocycles. The van der Waals surface area contributed by atoms with Crippen LogP contribution in [0.15, 0.2) is 29.2 Å². The van der Waals surface area contributed by atoms with Crippen molar-refractivity contribution in [1.29, 1.82) is 0 Å². The summed E-state index contributed by atoms with van der Waals surface area (Å²) in [5.74, 6) is -0.0913. The molecule has 1 atom stereocenters. The molecule has 152 valence electrons. The Hall–Kier alpha value is -1.48. The van der Waals surface area contributed by atoms with Gasteiger partial charge in [0.15, 0.2) is 0 Å². The summed E-state index contributed by atoms with van der Waals surface area (Å²) < 4.78 is 40.7. The molecule has 0 aromatic heterocycles. The third kappa shape index (κ3) is 7.21. The van der Waals surface area contributed by atoms with Gasteiger partial charge in [-0.1, -0.05) is 17.7 Å². The van der Waals surface area contributed by atoms with E-state index in [0.29, 0.717) is 26.1 Å². The summed E-state index contributed by atoms with van der Waals surface area (Å²) in [7, 11) is -3.79. The van der Waals surface area contributed by atoms with Gasteiger partial charge in [0.25, 0.3) is 10.1 Å². The first-order valence-corrected chi connectivity index (χ1v) is 10.5. The first-order valence-electron chi connectivity index (χ1n) is 9.06. The molecule has 8 heteroatoms. The molecular formula is C19H29NO6S. The number of morpholine rings is 1. The van der Waals surface area contributed by atoms with Gasteiger partial charge < -0.3 is 14.4 Å². The highest BCUT2D eigenvalue weighted by atomic mass is 32.2. The molecule has 0 saturated carbocycles. The summed E-state index contributed by atoms with van der Waals surface area (Å²) in [5, 5.41) is 0. The lowest BCUT2D eigenvalue weighted by Gasteiger charge is -2.33. The van der Waals surface area contributed by atoms with Gasteiger partial charge in [0.1, 0.15) is 6.61 Å². The van der Waals surface area contributed by atoms with Crippen molar-refractivity contribution >= 4 is 16.0 Å².